The van der Waals surface area contributed by atoms with E-state index in [4.69, 9.17) is 5.11 Å². The Morgan fingerprint density at radius 1 is 1.62 bits per heavy atom. The van der Waals surface area contributed by atoms with Crippen LogP contribution in [0.5, 0.6) is 0 Å². The van der Waals surface area contributed by atoms with Crippen LogP contribution in [0, 0.1) is 5.92 Å². The molecule has 84 valence electrons. The highest BCUT2D eigenvalue weighted by Crippen LogP contribution is 2.23. The molecule has 1 aromatic heterocycles. The van der Waals surface area contributed by atoms with Crippen LogP contribution in [-0.4, -0.2) is 26.8 Å². The molecule has 0 aliphatic heterocycles. The number of aliphatic carboxylic acids is 1. The van der Waals surface area contributed by atoms with Crippen LogP contribution in [-0.2, 0) is 4.79 Å². The largest absolute Gasteiger partial charge is 0.481 e. The number of hydrogen-bond donors (Lipinski definition) is 2. The highest BCUT2D eigenvalue weighted by molar-refractivity contribution is 7.99. The second kappa shape index (κ2) is 4.57. The fraction of sp³-hybridized carbons (Fsp3) is 0.273. The molecule has 0 saturated heterocycles. The SMILES string of the molecule is CC(CSc1ccc2nc[nH]c2c1)C(=O)O. The Labute approximate surface area is 97.1 Å². The van der Waals surface area contributed by atoms with E-state index < -0.39 is 5.97 Å². The number of rotatable bonds is 4. The number of H-pyrrole nitrogens is 1. The van der Waals surface area contributed by atoms with Crippen molar-refractivity contribution in [1.82, 2.24) is 9.97 Å². The first-order chi connectivity index (χ1) is 7.66. The van der Waals surface area contributed by atoms with E-state index in [1.165, 1.54) is 0 Å². The molecule has 0 aliphatic carbocycles. The van der Waals surface area contributed by atoms with Crippen LogP contribution in [0.2, 0.25) is 0 Å². The van der Waals surface area contributed by atoms with Gasteiger partial charge in [-0.25, -0.2) is 4.98 Å². The van der Waals surface area contributed by atoms with E-state index in [2.05, 4.69) is 9.97 Å². The maximum atomic E-state index is 10.7. The molecule has 1 atom stereocenters. The molecule has 2 aromatic rings. The molecule has 1 unspecified atom stereocenters. The summed E-state index contributed by atoms with van der Waals surface area (Å²) in [5.41, 5.74) is 1.91. The Morgan fingerprint density at radius 2 is 2.44 bits per heavy atom. The lowest BCUT2D eigenvalue weighted by Gasteiger charge is -2.05. The highest BCUT2D eigenvalue weighted by atomic mass is 32.2. The number of nitrogens with zero attached hydrogens (tertiary/aromatic N) is 1. The zero-order chi connectivity index (χ0) is 11.5. The van der Waals surface area contributed by atoms with Gasteiger partial charge >= 0.3 is 5.97 Å². The van der Waals surface area contributed by atoms with E-state index in [9.17, 15) is 4.79 Å². The van der Waals surface area contributed by atoms with Gasteiger partial charge in [0.25, 0.3) is 0 Å². The standard InChI is InChI=1S/C11H12N2O2S/c1-7(11(14)15)5-16-8-2-3-9-10(4-8)13-6-12-9/h2-4,6-7H,5H2,1H3,(H,12,13)(H,14,15). The molecule has 0 bridgehead atoms. The van der Waals surface area contributed by atoms with E-state index in [0.29, 0.717) is 5.75 Å². The van der Waals surface area contributed by atoms with Gasteiger partial charge in [0.05, 0.1) is 23.3 Å². The summed E-state index contributed by atoms with van der Waals surface area (Å²) in [7, 11) is 0. The molecule has 0 spiro atoms. The zero-order valence-corrected chi connectivity index (χ0v) is 9.62. The smallest absolute Gasteiger partial charge is 0.307 e. The van der Waals surface area contributed by atoms with Crippen molar-refractivity contribution < 1.29 is 9.90 Å². The van der Waals surface area contributed by atoms with Gasteiger partial charge in [0.15, 0.2) is 0 Å². The summed E-state index contributed by atoms with van der Waals surface area (Å²) in [4.78, 5) is 18.9. The Kier molecular flexibility index (Phi) is 3.14. The first kappa shape index (κ1) is 11.0. The number of hydrogen-bond acceptors (Lipinski definition) is 3. The molecule has 0 amide bonds. The lowest BCUT2D eigenvalue weighted by atomic mass is 10.2. The number of fused-ring (bicyclic) bond motifs is 1. The van der Waals surface area contributed by atoms with Crippen LogP contribution in [0.25, 0.3) is 11.0 Å². The van der Waals surface area contributed by atoms with Gasteiger partial charge in [-0.2, -0.15) is 0 Å². The third-order valence-electron chi connectivity index (χ3n) is 2.31. The number of aromatic nitrogens is 2. The minimum atomic E-state index is -0.755. The third-order valence-corrected chi connectivity index (χ3v) is 3.57. The van der Waals surface area contributed by atoms with Gasteiger partial charge < -0.3 is 10.1 Å². The maximum absolute atomic E-state index is 10.7. The van der Waals surface area contributed by atoms with Gasteiger partial charge in [0.1, 0.15) is 0 Å². The molecule has 0 aliphatic rings. The van der Waals surface area contributed by atoms with Crippen molar-refractivity contribution in [2.24, 2.45) is 5.92 Å². The van der Waals surface area contributed by atoms with Gasteiger partial charge in [-0.1, -0.05) is 6.92 Å². The average molecular weight is 236 g/mol. The van der Waals surface area contributed by atoms with Gasteiger partial charge in [-0.3, -0.25) is 4.79 Å². The number of carboxylic acids is 1. The van der Waals surface area contributed by atoms with Gasteiger partial charge in [-0.15, -0.1) is 11.8 Å². The first-order valence-corrected chi connectivity index (χ1v) is 5.94. The number of carbonyl (C=O) groups is 1. The molecule has 1 aromatic carbocycles. The molecule has 0 radical (unpaired) electrons. The Hall–Kier alpha value is -1.49. The van der Waals surface area contributed by atoms with Crippen molar-refractivity contribution >= 4 is 28.8 Å². The summed E-state index contributed by atoms with van der Waals surface area (Å²) < 4.78 is 0. The molecule has 4 nitrogen and oxygen atoms in total. The van der Waals surface area contributed by atoms with Crippen LogP contribution in [0.4, 0.5) is 0 Å². The van der Waals surface area contributed by atoms with Crippen molar-refractivity contribution in [2.75, 3.05) is 5.75 Å². The molecule has 5 heteroatoms. The van der Waals surface area contributed by atoms with Crippen LogP contribution in [0.3, 0.4) is 0 Å². The predicted octanol–water partition coefficient (Wildman–Crippen LogP) is 2.38. The topological polar surface area (TPSA) is 66.0 Å². The summed E-state index contributed by atoms with van der Waals surface area (Å²) in [5, 5.41) is 8.77. The highest BCUT2D eigenvalue weighted by Gasteiger charge is 2.11. The molecule has 2 N–H and O–H groups in total. The van der Waals surface area contributed by atoms with E-state index in [0.717, 1.165) is 15.9 Å². The number of carboxylic acid groups (broad SMARTS) is 1. The zero-order valence-electron chi connectivity index (χ0n) is 8.80. The Morgan fingerprint density at radius 3 is 3.19 bits per heavy atom. The monoisotopic (exact) mass is 236 g/mol. The van der Waals surface area contributed by atoms with E-state index in [-0.39, 0.29) is 5.92 Å². The van der Waals surface area contributed by atoms with Crippen LogP contribution < -0.4 is 0 Å². The van der Waals surface area contributed by atoms with E-state index in [1.54, 1.807) is 25.0 Å². The molecular weight excluding hydrogens is 224 g/mol. The van der Waals surface area contributed by atoms with Crippen molar-refractivity contribution in [3.05, 3.63) is 24.5 Å². The number of imidazole rings is 1. The summed E-state index contributed by atoms with van der Waals surface area (Å²) in [6, 6.07) is 5.88. The molecular formula is C11H12N2O2S. The number of thioether (sulfide) groups is 1. The number of benzene rings is 1. The average Bonchev–Trinajstić information content (AvgIpc) is 2.72. The van der Waals surface area contributed by atoms with E-state index >= 15 is 0 Å². The maximum Gasteiger partial charge on any atom is 0.307 e. The molecule has 2 rings (SSSR count). The molecule has 1 heterocycles. The predicted molar refractivity (Wildman–Crippen MR) is 63.6 cm³/mol. The van der Waals surface area contributed by atoms with Gasteiger partial charge in [-0.05, 0) is 18.2 Å². The van der Waals surface area contributed by atoms with Crippen molar-refractivity contribution in [1.29, 1.82) is 0 Å². The van der Waals surface area contributed by atoms with E-state index in [1.807, 2.05) is 18.2 Å². The quantitative estimate of drug-likeness (QED) is 0.800. The normalized spacial score (nSPS) is 12.8. The van der Waals surface area contributed by atoms with Gasteiger partial charge in [0, 0.05) is 10.6 Å². The summed E-state index contributed by atoms with van der Waals surface area (Å²) in [6.07, 6.45) is 1.65. The fourth-order valence-electron chi connectivity index (χ4n) is 1.30. The summed E-state index contributed by atoms with van der Waals surface area (Å²) in [5.74, 6) is -0.507. The second-order valence-corrected chi connectivity index (χ2v) is 4.73. The Balaban J connectivity index is 2.06. The van der Waals surface area contributed by atoms with Crippen LogP contribution in [0.15, 0.2) is 29.4 Å². The molecule has 0 fully saturated rings. The number of nitrogens with one attached hydrogen (secondary N) is 1. The lowest BCUT2D eigenvalue weighted by molar-refractivity contribution is -0.140. The van der Waals surface area contributed by atoms with Gasteiger partial charge in [0.2, 0.25) is 0 Å². The second-order valence-electron chi connectivity index (χ2n) is 3.63. The lowest BCUT2D eigenvalue weighted by Crippen LogP contribution is -2.11. The van der Waals surface area contributed by atoms with Crippen LogP contribution in [0.1, 0.15) is 6.92 Å². The van der Waals surface area contributed by atoms with Crippen molar-refractivity contribution in [3.8, 4) is 0 Å². The van der Waals surface area contributed by atoms with Crippen LogP contribution >= 0.6 is 11.8 Å². The summed E-state index contributed by atoms with van der Waals surface area (Å²) in [6.45, 7) is 1.71. The van der Waals surface area contributed by atoms with Crippen molar-refractivity contribution in [3.63, 3.8) is 0 Å². The summed E-state index contributed by atoms with van der Waals surface area (Å²) >= 11 is 1.55. The minimum Gasteiger partial charge on any atom is -0.481 e. The van der Waals surface area contributed by atoms with Crippen molar-refractivity contribution in [2.45, 2.75) is 11.8 Å². The fourth-order valence-corrected chi connectivity index (χ4v) is 2.25. The molecule has 0 saturated carbocycles. The number of aromatic amines is 1. The molecule has 16 heavy (non-hydrogen) atoms. The first-order valence-electron chi connectivity index (χ1n) is 4.95. The third kappa shape index (κ3) is 2.36. The minimum absolute atomic E-state index is 0.331. The Bertz CT molecular complexity index is 509.